The second-order valence-corrected chi connectivity index (χ2v) is 2.91. The largest absolute Gasteiger partial charge is 0.477 e. The molecule has 1 aliphatic rings. The van der Waals surface area contributed by atoms with Gasteiger partial charge in [-0.15, -0.1) is 0 Å². The molecule has 0 saturated heterocycles. The Labute approximate surface area is 69.9 Å². The van der Waals surface area contributed by atoms with Crippen molar-refractivity contribution in [2.45, 2.75) is 6.42 Å². The van der Waals surface area contributed by atoms with Gasteiger partial charge in [-0.05, 0) is 24.1 Å². The highest BCUT2D eigenvalue weighted by Crippen LogP contribution is 2.22. The summed E-state index contributed by atoms with van der Waals surface area (Å²) in [6, 6.07) is 1.73. The molecule has 62 valence electrons. The zero-order chi connectivity index (χ0) is 8.72. The van der Waals surface area contributed by atoms with Gasteiger partial charge >= 0.3 is 5.97 Å². The molecule has 1 heterocycles. The van der Waals surface area contributed by atoms with Crippen LogP contribution < -0.4 is 0 Å². The van der Waals surface area contributed by atoms with Crippen LogP contribution in [-0.4, -0.2) is 15.6 Å². The summed E-state index contributed by atoms with van der Waals surface area (Å²) >= 11 is 0. The molecule has 0 atom stereocenters. The Morgan fingerprint density at radius 2 is 2.42 bits per heavy atom. The second-order valence-electron chi connectivity index (χ2n) is 2.91. The van der Waals surface area contributed by atoms with Crippen molar-refractivity contribution in [2.24, 2.45) is 7.05 Å². The molecule has 1 N–H and O–H groups in total. The molecule has 0 aromatic carbocycles. The molecular weight excluding hydrogens is 154 g/mol. The van der Waals surface area contributed by atoms with E-state index in [-0.39, 0.29) is 0 Å². The van der Waals surface area contributed by atoms with Crippen molar-refractivity contribution in [3.8, 4) is 0 Å². The third-order valence-electron chi connectivity index (χ3n) is 2.20. The molecule has 0 spiro atoms. The van der Waals surface area contributed by atoms with E-state index in [9.17, 15) is 4.79 Å². The van der Waals surface area contributed by atoms with E-state index in [4.69, 9.17) is 5.11 Å². The summed E-state index contributed by atoms with van der Waals surface area (Å²) in [5, 5.41) is 8.78. The van der Waals surface area contributed by atoms with Crippen LogP contribution in [0.1, 0.15) is 21.7 Å². The Morgan fingerprint density at radius 3 is 3.00 bits per heavy atom. The Kier molecular flexibility index (Phi) is 1.33. The molecule has 1 aromatic heterocycles. The van der Waals surface area contributed by atoms with Gasteiger partial charge in [0.1, 0.15) is 5.69 Å². The summed E-state index contributed by atoms with van der Waals surface area (Å²) in [5.41, 5.74) is 2.49. The average molecular weight is 163 g/mol. The van der Waals surface area contributed by atoms with Crippen LogP contribution in [0.2, 0.25) is 0 Å². The van der Waals surface area contributed by atoms with Gasteiger partial charge in [-0.2, -0.15) is 0 Å². The average Bonchev–Trinajstić information content (AvgIpc) is 2.53. The zero-order valence-electron chi connectivity index (χ0n) is 6.74. The number of hydrogen-bond acceptors (Lipinski definition) is 1. The van der Waals surface area contributed by atoms with Crippen LogP contribution in [0.3, 0.4) is 0 Å². The van der Waals surface area contributed by atoms with Crippen molar-refractivity contribution in [1.82, 2.24) is 4.57 Å². The molecule has 0 unspecified atom stereocenters. The summed E-state index contributed by atoms with van der Waals surface area (Å²) in [6.07, 6.45) is 4.86. The first kappa shape index (κ1) is 7.16. The van der Waals surface area contributed by atoms with Gasteiger partial charge < -0.3 is 9.67 Å². The fraction of sp³-hybridized carbons (Fsp3) is 0.222. The highest BCUT2D eigenvalue weighted by molar-refractivity contribution is 5.87. The third-order valence-corrected chi connectivity index (χ3v) is 2.20. The normalized spacial score (nSPS) is 13.4. The van der Waals surface area contributed by atoms with Gasteiger partial charge in [-0.25, -0.2) is 4.79 Å². The Balaban J connectivity index is 2.61. The first-order valence-corrected chi connectivity index (χ1v) is 3.78. The lowest BCUT2D eigenvalue weighted by atomic mass is 10.2. The quantitative estimate of drug-likeness (QED) is 0.677. The van der Waals surface area contributed by atoms with Gasteiger partial charge in [0, 0.05) is 12.7 Å². The number of aromatic carboxylic acids is 1. The fourth-order valence-corrected chi connectivity index (χ4v) is 1.57. The number of carboxylic acid groups (broad SMARTS) is 1. The third kappa shape index (κ3) is 0.794. The van der Waals surface area contributed by atoms with E-state index in [0.717, 1.165) is 17.7 Å². The summed E-state index contributed by atoms with van der Waals surface area (Å²) in [7, 11) is 1.78. The molecule has 0 bridgehead atoms. The van der Waals surface area contributed by atoms with Crippen LogP contribution in [0, 0.1) is 0 Å². The SMILES string of the molecule is Cn1c(C(=O)O)cc2c1C=CC2. The molecule has 3 heteroatoms. The predicted molar refractivity (Wildman–Crippen MR) is 45.1 cm³/mol. The number of aromatic nitrogens is 1. The standard InChI is InChI=1S/C9H9NO2/c1-10-7-4-2-3-6(7)5-8(10)9(11)12/h2,4-5H,3H2,1H3,(H,11,12). The lowest BCUT2D eigenvalue weighted by Crippen LogP contribution is -2.04. The summed E-state index contributed by atoms with van der Waals surface area (Å²) in [6.45, 7) is 0. The van der Waals surface area contributed by atoms with Crippen LogP contribution in [0.5, 0.6) is 0 Å². The van der Waals surface area contributed by atoms with Crippen molar-refractivity contribution in [3.63, 3.8) is 0 Å². The minimum absolute atomic E-state index is 0.365. The van der Waals surface area contributed by atoms with E-state index in [1.165, 1.54) is 0 Å². The molecular formula is C9H9NO2. The summed E-state index contributed by atoms with van der Waals surface area (Å²) < 4.78 is 1.71. The van der Waals surface area contributed by atoms with Crippen molar-refractivity contribution < 1.29 is 9.90 Å². The van der Waals surface area contributed by atoms with E-state index in [2.05, 4.69) is 0 Å². The van der Waals surface area contributed by atoms with Crippen LogP contribution >= 0.6 is 0 Å². The van der Waals surface area contributed by atoms with Crippen molar-refractivity contribution in [3.05, 3.63) is 29.1 Å². The highest BCUT2D eigenvalue weighted by atomic mass is 16.4. The Morgan fingerprint density at radius 1 is 1.67 bits per heavy atom. The predicted octanol–water partition coefficient (Wildman–Crippen LogP) is 1.29. The number of rotatable bonds is 1. The van der Waals surface area contributed by atoms with Gasteiger partial charge in [-0.3, -0.25) is 0 Å². The van der Waals surface area contributed by atoms with Gasteiger partial charge in [-0.1, -0.05) is 6.08 Å². The Bertz CT molecular complexity index is 374. The maximum absolute atomic E-state index is 10.7. The molecule has 0 radical (unpaired) electrons. The maximum Gasteiger partial charge on any atom is 0.352 e. The molecule has 1 aromatic rings. The Hall–Kier alpha value is -1.51. The van der Waals surface area contributed by atoms with Crippen molar-refractivity contribution >= 4 is 12.0 Å². The van der Waals surface area contributed by atoms with Gasteiger partial charge in [0.15, 0.2) is 0 Å². The van der Waals surface area contributed by atoms with E-state index < -0.39 is 5.97 Å². The van der Waals surface area contributed by atoms with Crippen LogP contribution in [-0.2, 0) is 13.5 Å². The number of carboxylic acids is 1. The number of allylic oxidation sites excluding steroid dienone is 1. The van der Waals surface area contributed by atoms with Crippen LogP contribution in [0.25, 0.3) is 6.08 Å². The van der Waals surface area contributed by atoms with Gasteiger partial charge in [0.25, 0.3) is 0 Å². The molecule has 2 rings (SSSR count). The second kappa shape index (κ2) is 2.24. The molecule has 3 nitrogen and oxygen atoms in total. The minimum Gasteiger partial charge on any atom is -0.477 e. The van der Waals surface area contributed by atoms with E-state index in [0.29, 0.717) is 5.69 Å². The highest BCUT2D eigenvalue weighted by Gasteiger charge is 2.16. The summed E-state index contributed by atoms with van der Waals surface area (Å²) in [5.74, 6) is -0.861. The van der Waals surface area contributed by atoms with Crippen molar-refractivity contribution in [2.75, 3.05) is 0 Å². The first-order valence-electron chi connectivity index (χ1n) is 3.78. The number of nitrogens with zero attached hydrogens (tertiary/aromatic N) is 1. The van der Waals surface area contributed by atoms with Crippen LogP contribution in [0.4, 0.5) is 0 Å². The van der Waals surface area contributed by atoms with Gasteiger partial charge in [0.2, 0.25) is 0 Å². The maximum atomic E-state index is 10.7. The number of hydrogen-bond donors (Lipinski definition) is 1. The number of carbonyl (C=O) groups is 1. The molecule has 1 aliphatic carbocycles. The van der Waals surface area contributed by atoms with E-state index in [1.54, 1.807) is 17.7 Å². The molecule has 0 saturated carbocycles. The molecule has 12 heavy (non-hydrogen) atoms. The number of fused-ring (bicyclic) bond motifs is 1. The van der Waals surface area contributed by atoms with Crippen molar-refractivity contribution in [1.29, 1.82) is 0 Å². The van der Waals surface area contributed by atoms with Gasteiger partial charge in [0.05, 0.1) is 0 Å². The fourth-order valence-electron chi connectivity index (χ4n) is 1.57. The lowest BCUT2D eigenvalue weighted by Gasteiger charge is -1.98. The van der Waals surface area contributed by atoms with E-state index in [1.807, 2.05) is 12.2 Å². The first-order chi connectivity index (χ1) is 5.70. The lowest BCUT2D eigenvalue weighted by molar-refractivity contribution is 0.0686. The topological polar surface area (TPSA) is 42.2 Å². The summed E-state index contributed by atoms with van der Waals surface area (Å²) in [4.78, 5) is 10.7. The smallest absolute Gasteiger partial charge is 0.352 e. The zero-order valence-corrected chi connectivity index (χ0v) is 6.74. The van der Waals surface area contributed by atoms with E-state index >= 15 is 0 Å². The molecule has 0 amide bonds. The monoisotopic (exact) mass is 163 g/mol. The molecule has 0 aliphatic heterocycles. The minimum atomic E-state index is -0.861. The van der Waals surface area contributed by atoms with Crippen LogP contribution in [0.15, 0.2) is 12.1 Å². The molecule has 0 fully saturated rings.